The summed E-state index contributed by atoms with van der Waals surface area (Å²) in [6, 6.07) is 4.67. The van der Waals surface area contributed by atoms with Crippen molar-refractivity contribution in [1.82, 2.24) is 5.32 Å². The van der Waals surface area contributed by atoms with Crippen LogP contribution >= 0.6 is 0 Å². The van der Waals surface area contributed by atoms with Gasteiger partial charge in [0, 0.05) is 13.2 Å². The van der Waals surface area contributed by atoms with Gasteiger partial charge in [-0.3, -0.25) is 0 Å². The molecule has 1 atom stereocenters. The number of aryl methyl sites for hydroxylation is 2. The van der Waals surface area contributed by atoms with Crippen molar-refractivity contribution in [2.45, 2.75) is 59.1 Å². The molecule has 3 heteroatoms. The molecule has 0 aliphatic carbocycles. The molecule has 0 aliphatic rings. The Hall–Kier alpha value is -1.06. The molecule has 1 unspecified atom stereocenters. The molecule has 0 amide bonds. The molecule has 0 saturated carbocycles. The molecular formula is C18H31NO2. The van der Waals surface area contributed by atoms with Crippen molar-refractivity contribution < 1.29 is 9.47 Å². The molecule has 0 radical (unpaired) electrons. The highest BCUT2D eigenvalue weighted by atomic mass is 16.5. The van der Waals surface area contributed by atoms with Crippen LogP contribution in [0.3, 0.4) is 0 Å². The molecule has 0 aliphatic heterocycles. The maximum absolute atomic E-state index is 5.62. The summed E-state index contributed by atoms with van der Waals surface area (Å²) in [5, 5.41) is 3.66. The highest BCUT2D eigenvalue weighted by Crippen LogP contribution is 2.31. The summed E-state index contributed by atoms with van der Waals surface area (Å²) in [5.74, 6) is 0.955. The molecule has 0 bridgehead atoms. The summed E-state index contributed by atoms with van der Waals surface area (Å²) < 4.78 is 11.0. The van der Waals surface area contributed by atoms with Crippen molar-refractivity contribution in [3.05, 3.63) is 28.8 Å². The van der Waals surface area contributed by atoms with E-state index in [0.29, 0.717) is 6.04 Å². The maximum atomic E-state index is 5.62. The summed E-state index contributed by atoms with van der Waals surface area (Å²) in [6.45, 7) is 11.7. The molecule has 1 rings (SSSR count). The first-order valence-electron chi connectivity index (χ1n) is 7.78. The minimum absolute atomic E-state index is 0.147. The van der Waals surface area contributed by atoms with Gasteiger partial charge < -0.3 is 14.8 Å². The third-order valence-electron chi connectivity index (χ3n) is 4.05. The van der Waals surface area contributed by atoms with E-state index in [1.165, 1.54) is 16.7 Å². The lowest BCUT2D eigenvalue weighted by Gasteiger charge is -2.30. The van der Waals surface area contributed by atoms with Crippen molar-refractivity contribution in [2.75, 3.05) is 20.8 Å². The van der Waals surface area contributed by atoms with E-state index in [9.17, 15) is 0 Å². The minimum atomic E-state index is -0.147. The number of methoxy groups -OCH3 is 2. The van der Waals surface area contributed by atoms with Crippen LogP contribution in [0.1, 0.15) is 56.3 Å². The molecule has 0 saturated heterocycles. The van der Waals surface area contributed by atoms with Gasteiger partial charge in [-0.15, -0.1) is 0 Å². The van der Waals surface area contributed by atoms with E-state index < -0.39 is 0 Å². The zero-order chi connectivity index (χ0) is 16.0. The fraction of sp³-hybridized carbons (Fsp3) is 0.667. The molecule has 0 aromatic heterocycles. The number of nitrogens with one attached hydrogen (secondary N) is 1. The van der Waals surface area contributed by atoms with Crippen LogP contribution in [-0.2, 0) is 4.74 Å². The highest BCUT2D eigenvalue weighted by molar-refractivity contribution is 5.43. The fourth-order valence-electron chi connectivity index (χ4n) is 2.59. The van der Waals surface area contributed by atoms with Crippen molar-refractivity contribution in [3.8, 4) is 5.75 Å². The van der Waals surface area contributed by atoms with E-state index in [1.54, 1.807) is 14.2 Å². The Kier molecular flexibility index (Phi) is 6.69. The number of benzene rings is 1. The molecule has 0 spiro atoms. The largest absolute Gasteiger partial charge is 0.496 e. The van der Waals surface area contributed by atoms with Crippen molar-refractivity contribution in [2.24, 2.45) is 0 Å². The molecule has 3 nitrogen and oxygen atoms in total. The summed E-state index contributed by atoms with van der Waals surface area (Å²) in [5.41, 5.74) is 3.63. The van der Waals surface area contributed by atoms with E-state index in [0.717, 1.165) is 25.1 Å². The van der Waals surface area contributed by atoms with E-state index in [1.807, 2.05) is 0 Å². The predicted octanol–water partition coefficient (Wildman–Crippen LogP) is 4.17. The van der Waals surface area contributed by atoms with Crippen LogP contribution in [0.25, 0.3) is 0 Å². The zero-order valence-electron chi connectivity index (χ0n) is 14.7. The molecule has 21 heavy (non-hydrogen) atoms. The predicted molar refractivity (Wildman–Crippen MR) is 89.2 cm³/mol. The second-order valence-electron chi connectivity index (χ2n) is 6.35. The molecule has 0 heterocycles. The Bertz CT molecular complexity index is 455. The Morgan fingerprint density at radius 1 is 1.14 bits per heavy atom. The molecule has 120 valence electrons. The van der Waals surface area contributed by atoms with Crippen LogP contribution in [0, 0.1) is 13.8 Å². The van der Waals surface area contributed by atoms with Crippen LogP contribution in [0.15, 0.2) is 12.1 Å². The van der Waals surface area contributed by atoms with Crippen LogP contribution in [-0.4, -0.2) is 26.4 Å². The molecule has 1 aromatic rings. The number of rotatable bonds is 8. The van der Waals surface area contributed by atoms with Crippen LogP contribution in [0.4, 0.5) is 0 Å². The van der Waals surface area contributed by atoms with Gasteiger partial charge in [-0.1, -0.05) is 13.0 Å². The van der Waals surface area contributed by atoms with E-state index in [4.69, 9.17) is 9.47 Å². The molecule has 1 aromatic carbocycles. The Labute approximate surface area is 130 Å². The Morgan fingerprint density at radius 3 is 2.33 bits per heavy atom. The molecule has 0 fully saturated rings. The highest BCUT2D eigenvalue weighted by Gasteiger charge is 2.25. The first-order valence-corrected chi connectivity index (χ1v) is 7.78. The third-order valence-corrected chi connectivity index (χ3v) is 4.05. The first kappa shape index (κ1) is 18.0. The van der Waals surface area contributed by atoms with E-state index in [2.05, 4.69) is 52.1 Å². The lowest BCUT2D eigenvalue weighted by molar-refractivity contribution is 0.00680. The number of hydrogen-bond acceptors (Lipinski definition) is 3. The van der Waals surface area contributed by atoms with Crippen LogP contribution < -0.4 is 10.1 Å². The quantitative estimate of drug-likeness (QED) is 0.780. The fourth-order valence-corrected chi connectivity index (χ4v) is 2.59. The van der Waals surface area contributed by atoms with Gasteiger partial charge in [0.25, 0.3) is 0 Å². The number of ether oxygens (including phenoxy) is 2. The minimum Gasteiger partial charge on any atom is -0.496 e. The topological polar surface area (TPSA) is 30.5 Å². The van der Waals surface area contributed by atoms with Crippen LogP contribution in [0.5, 0.6) is 5.75 Å². The maximum Gasteiger partial charge on any atom is 0.122 e. The van der Waals surface area contributed by atoms with Gasteiger partial charge in [0.2, 0.25) is 0 Å². The SMILES string of the molecule is CCCNC(CC(C)(C)OC)c1cc(C)c(OC)cc1C. The average molecular weight is 293 g/mol. The van der Waals surface area contributed by atoms with E-state index in [-0.39, 0.29) is 5.60 Å². The second kappa shape index (κ2) is 7.81. The van der Waals surface area contributed by atoms with E-state index >= 15 is 0 Å². The van der Waals surface area contributed by atoms with Crippen molar-refractivity contribution >= 4 is 0 Å². The molecular weight excluding hydrogens is 262 g/mol. The summed E-state index contributed by atoms with van der Waals surface area (Å²) >= 11 is 0. The second-order valence-corrected chi connectivity index (χ2v) is 6.35. The van der Waals surface area contributed by atoms with Crippen molar-refractivity contribution in [3.63, 3.8) is 0 Å². The van der Waals surface area contributed by atoms with Gasteiger partial charge in [-0.25, -0.2) is 0 Å². The standard InChI is InChI=1S/C18H31NO2/c1-8-9-19-16(12-18(4,5)21-7)15-10-14(3)17(20-6)11-13(15)2/h10-11,16,19H,8-9,12H2,1-7H3. The molecule has 1 N–H and O–H groups in total. The van der Waals surface area contributed by atoms with Crippen LogP contribution in [0.2, 0.25) is 0 Å². The zero-order valence-corrected chi connectivity index (χ0v) is 14.7. The van der Waals surface area contributed by atoms with Gasteiger partial charge in [-0.2, -0.15) is 0 Å². The lowest BCUT2D eigenvalue weighted by Crippen LogP contribution is -2.32. The summed E-state index contributed by atoms with van der Waals surface area (Å²) in [4.78, 5) is 0. The monoisotopic (exact) mass is 293 g/mol. The number of hydrogen-bond donors (Lipinski definition) is 1. The van der Waals surface area contributed by atoms with Gasteiger partial charge in [0.1, 0.15) is 5.75 Å². The Morgan fingerprint density at radius 2 is 1.81 bits per heavy atom. The normalized spacial score (nSPS) is 13.3. The van der Waals surface area contributed by atoms with Gasteiger partial charge in [0.05, 0.1) is 12.7 Å². The average Bonchev–Trinajstić information content (AvgIpc) is 2.45. The smallest absolute Gasteiger partial charge is 0.122 e. The lowest BCUT2D eigenvalue weighted by atomic mass is 9.90. The third kappa shape index (κ3) is 5.01. The first-order chi connectivity index (χ1) is 9.84. The summed E-state index contributed by atoms with van der Waals surface area (Å²) in [6.07, 6.45) is 2.06. The van der Waals surface area contributed by atoms with Gasteiger partial charge in [0.15, 0.2) is 0 Å². The van der Waals surface area contributed by atoms with Gasteiger partial charge >= 0.3 is 0 Å². The Balaban J connectivity index is 3.10. The van der Waals surface area contributed by atoms with Crippen molar-refractivity contribution in [1.29, 1.82) is 0 Å². The van der Waals surface area contributed by atoms with Gasteiger partial charge in [-0.05, 0) is 69.8 Å². The summed E-state index contributed by atoms with van der Waals surface area (Å²) in [7, 11) is 3.51.